The first kappa shape index (κ1) is 18.6. The summed E-state index contributed by atoms with van der Waals surface area (Å²) in [6, 6.07) is 8.87. The normalized spacial score (nSPS) is 11.7. The molecule has 25 heavy (non-hydrogen) atoms. The van der Waals surface area contributed by atoms with Gasteiger partial charge in [0.15, 0.2) is 6.10 Å². The van der Waals surface area contributed by atoms with Crippen LogP contribution < -0.4 is 0 Å². The molecule has 0 amide bonds. The summed E-state index contributed by atoms with van der Waals surface area (Å²) >= 11 is 5.91. The molecule has 1 atom stereocenters. The van der Waals surface area contributed by atoms with E-state index < -0.39 is 17.0 Å². The molecule has 0 N–H and O–H groups in total. The van der Waals surface area contributed by atoms with Crippen LogP contribution in [0.4, 0.5) is 5.69 Å². The van der Waals surface area contributed by atoms with Gasteiger partial charge in [-0.15, -0.1) is 0 Å². The Bertz CT molecular complexity index is 863. The number of carbonyl (C=O) groups is 2. The summed E-state index contributed by atoms with van der Waals surface area (Å²) in [6.45, 7) is 5.10. The third-order valence-electron chi connectivity index (χ3n) is 3.69. The van der Waals surface area contributed by atoms with Gasteiger partial charge in [0.05, 0.1) is 15.5 Å². The van der Waals surface area contributed by atoms with Crippen LogP contribution in [0.1, 0.15) is 38.8 Å². The lowest BCUT2D eigenvalue weighted by atomic mass is 9.99. The molecule has 0 saturated carbocycles. The van der Waals surface area contributed by atoms with E-state index in [-0.39, 0.29) is 22.1 Å². The molecule has 0 heterocycles. The molecule has 0 aliphatic carbocycles. The standard InChI is InChI=1S/C18H16ClNO5/c1-10-4-5-11(2)14(8-10)17(21)12(3)25-18(22)15-9-13(20(23)24)6-7-16(15)19/h4-9,12H,1-3H3/t12-/m1/s1. The Kier molecular flexibility index (Phi) is 5.54. The molecule has 0 aliphatic heterocycles. The van der Waals surface area contributed by atoms with E-state index in [2.05, 4.69) is 0 Å². The topological polar surface area (TPSA) is 86.5 Å². The Morgan fingerprint density at radius 1 is 1.12 bits per heavy atom. The smallest absolute Gasteiger partial charge is 0.340 e. The maximum absolute atomic E-state index is 12.5. The van der Waals surface area contributed by atoms with E-state index in [4.69, 9.17) is 16.3 Å². The molecule has 0 unspecified atom stereocenters. The van der Waals surface area contributed by atoms with Crippen LogP contribution in [0.5, 0.6) is 0 Å². The summed E-state index contributed by atoms with van der Waals surface area (Å²) in [6.07, 6.45) is -1.05. The van der Waals surface area contributed by atoms with E-state index in [9.17, 15) is 19.7 Å². The molecule has 0 aromatic heterocycles. The zero-order valence-corrected chi connectivity index (χ0v) is 14.7. The minimum atomic E-state index is -1.05. The van der Waals surface area contributed by atoms with Gasteiger partial charge in [-0.2, -0.15) is 0 Å². The number of hydrogen-bond acceptors (Lipinski definition) is 5. The van der Waals surface area contributed by atoms with Gasteiger partial charge in [-0.1, -0.05) is 29.3 Å². The van der Waals surface area contributed by atoms with Crippen molar-refractivity contribution in [2.45, 2.75) is 26.9 Å². The van der Waals surface area contributed by atoms with Crippen LogP contribution in [0.15, 0.2) is 36.4 Å². The summed E-state index contributed by atoms with van der Waals surface area (Å²) in [5.74, 6) is -1.24. The molecular formula is C18H16ClNO5. The fourth-order valence-electron chi connectivity index (χ4n) is 2.28. The number of aryl methyl sites for hydroxylation is 2. The van der Waals surface area contributed by atoms with Gasteiger partial charge in [-0.05, 0) is 38.5 Å². The fourth-order valence-corrected chi connectivity index (χ4v) is 2.48. The van der Waals surface area contributed by atoms with Crippen LogP contribution >= 0.6 is 11.6 Å². The van der Waals surface area contributed by atoms with Gasteiger partial charge in [0.2, 0.25) is 5.78 Å². The number of nitro groups is 1. The Balaban J connectivity index is 2.23. The Morgan fingerprint density at radius 2 is 1.80 bits per heavy atom. The molecule has 0 saturated heterocycles. The lowest BCUT2D eigenvalue weighted by molar-refractivity contribution is -0.384. The van der Waals surface area contributed by atoms with Crippen molar-refractivity contribution in [3.8, 4) is 0 Å². The van der Waals surface area contributed by atoms with E-state index in [1.54, 1.807) is 13.0 Å². The van der Waals surface area contributed by atoms with E-state index in [0.29, 0.717) is 5.56 Å². The van der Waals surface area contributed by atoms with E-state index >= 15 is 0 Å². The number of carbonyl (C=O) groups excluding carboxylic acids is 2. The van der Waals surface area contributed by atoms with Crippen molar-refractivity contribution in [2.75, 3.05) is 0 Å². The molecule has 6 nitrogen and oxygen atoms in total. The summed E-state index contributed by atoms with van der Waals surface area (Å²) in [7, 11) is 0. The van der Waals surface area contributed by atoms with Crippen molar-refractivity contribution in [1.82, 2.24) is 0 Å². The van der Waals surface area contributed by atoms with Gasteiger partial charge >= 0.3 is 5.97 Å². The number of benzene rings is 2. The first-order valence-corrected chi connectivity index (χ1v) is 7.85. The van der Waals surface area contributed by atoms with Crippen molar-refractivity contribution < 1.29 is 19.2 Å². The monoisotopic (exact) mass is 361 g/mol. The Labute approximate surface area is 149 Å². The average molecular weight is 362 g/mol. The fraction of sp³-hybridized carbons (Fsp3) is 0.222. The molecular weight excluding hydrogens is 346 g/mol. The number of nitrogens with zero attached hydrogens (tertiary/aromatic N) is 1. The number of ketones is 1. The second-order valence-corrected chi connectivity index (χ2v) is 6.06. The van der Waals surface area contributed by atoms with E-state index in [1.165, 1.54) is 19.1 Å². The first-order chi connectivity index (χ1) is 11.7. The molecule has 0 radical (unpaired) electrons. The second-order valence-electron chi connectivity index (χ2n) is 5.65. The Hall–Kier alpha value is -2.73. The predicted molar refractivity (Wildman–Crippen MR) is 93.2 cm³/mol. The summed E-state index contributed by atoms with van der Waals surface area (Å²) in [5, 5.41) is 10.8. The first-order valence-electron chi connectivity index (χ1n) is 7.47. The lowest BCUT2D eigenvalue weighted by Gasteiger charge is -2.14. The molecule has 0 spiro atoms. The van der Waals surface area contributed by atoms with E-state index in [0.717, 1.165) is 17.2 Å². The van der Waals surface area contributed by atoms with Crippen LogP contribution in [0, 0.1) is 24.0 Å². The third-order valence-corrected chi connectivity index (χ3v) is 4.02. The van der Waals surface area contributed by atoms with Crippen molar-refractivity contribution in [2.24, 2.45) is 0 Å². The second kappa shape index (κ2) is 7.44. The number of esters is 1. The van der Waals surface area contributed by atoms with Gasteiger partial charge in [-0.3, -0.25) is 14.9 Å². The summed E-state index contributed by atoms with van der Waals surface area (Å²) < 4.78 is 5.17. The lowest BCUT2D eigenvalue weighted by Crippen LogP contribution is -2.25. The van der Waals surface area contributed by atoms with Gasteiger partial charge in [0, 0.05) is 17.7 Å². The van der Waals surface area contributed by atoms with Crippen LogP contribution in [0.3, 0.4) is 0 Å². The number of hydrogen-bond donors (Lipinski definition) is 0. The highest BCUT2D eigenvalue weighted by atomic mass is 35.5. The maximum atomic E-state index is 12.5. The molecule has 130 valence electrons. The number of non-ortho nitro benzene ring substituents is 1. The van der Waals surface area contributed by atoms with Crippen LogP contribution in [0.2, 0.25) is 5.02 Å². The van der Waals surface area contributed by atoms with Gasteiger partial charge in [0.25, 0.3) is 5.69 Å². The third kappa shape index (κ3) is 4.22. The van der Waals surface area contributed by atoms with Gasteiger partial charge in [-0.25, -0.2) is 4.79 Å². The maximum Gasteiger partial charge on any atom is 0.340 e. The highest BCUT2D eigenvalue weighted by Crippen LogP contribution is 2.24. The van der Waals surface area contributed by atoms with Crippen LogP contribution in [-0.2, 0) is 4.74 Å². The minimum absolute atomic E-state index is 0.0157. The molecule has 0 aliphatic rings. The highest BCUT2D eigenvalue weighted by molar-refractivity contribution is 6.33. The van der Waals surface area contributed by atoms with Crippen molar-refractivity contribution >= 4 is 29.0 Å². The van der Waals surface area contributed by atoms with Gasteiger partial charge in [0.1, 0.15) is 0 Å². The van der Waals surface area contributed by atoms with E-state index in [1.807, 2.05) is 19.1 Å². The van der Waals surface area contributed by atoms with Crippen molar-refractivity contribution in [3.63, 3.8) is 0 Å². The molecule has 2 rings (SSSR count). The van der Waals surface area contributed by atoms with Crippen LogP contribution in [0.25, 0.3) is 0 Å². The van der Waals surface area contributed by atoms with Crippen LogP contribution in [-0.4, -0.2) is 22.8 Å². The molecule has 2 aromatic carbocycles. The summed E-state index contributed by atoms with van der Waals surface area (Å²) in [4.78, 5) is 35.0. The number of rotatable bonds is 5. The quantitative estimate of drug-likeness (QED) is 0.343. The molecule has 7 heteroatoms. The molecule has 0 fully saturated rings. The number of ether oxygens (including phenoxy) is 1. The number of Topliss-reactive ketones (excluding diaryl/α,β-unsaturated/α-hetero) is 1. The summed E-state index contributed by atoms with van der Waals surface area (Å²) in [5.41, 5.74) is 1.70. The van der Waals surface area contributed by atoms with Crippen molar-refractivity contribution in [1.29, 1.82) is 0 Å². The highest BCUT2D eigenvalue weighted by Gasteiger charge is 2.24. The largest absolute Gasteiger partial charge is 0.451 e. The zero-order valence-electron chi connectivity index (χ0n) is 13.9. The zero-order chi connectivity index (χ0) is 18.7. The number of nitro benzene ring substituents is 1. The average Bonchev–Trinajstić information content (AvgIpc) is 2.56. The number of halogens is 1. The minimum Gasteiger partial charge on any atom is -0.451 e. The van der Waals surface area contributed by atoms with Crippen molar-refractivity contribution in [3.05, 3.63) is 73.8 Å². The SMILES string of the molecule is Cc1ccc(C)c(C(=O)[C@@H](C)OC(=O)c2cc([N+](=O)[O-])ccc2Cl)c1. The Morgan fingerprint density at radius 3 is 2.44 bits per heavy atom. The predicted octanol–water partition coefficient (Wildman–Crippen LogP) is 4.29. The van der Waals surface area contributed by atoms with Gasteiger partial charge < -0.3 is 4.74 Å². The molecule has 2 aromatic rings. The molecule has 0 bridgehead atoms.